The maximum Gasteiger partial charge on any atom is 0.210 e. The molecule has 0 unspecified atom stereocenters. The molecule has 0 saturated carbocycles. The fourth-order valence-electron chi connectivity index (χ4n) is 1.06. The van der Waals surface area contributed by atoms with Crippen molar-refractivity contribution in [2.24, 2.45) is 5.14 Å². The van der Waals surface area contributed by atoms with Crippen molar-refractivity contribution in [1.29, 1.82) is 0 Å². The molecule has 0 aliphatic rings. The first-order chi connectivity index (χ1) is 6.49. The summed E-state index contributed by atoms with van der Waals surface area (Å²) in [5.41, 5.74) is 0. The number of hydrogen-bond acceptors (Lipinski definition) is 4. The molecule has 0 fully saturated rings. The van der Waals surface area contributed by atoms with E-state index in [1.54, 1.807) is 12.3 Å². The average Bonchev–Trinajstić information content (AvgIpc) is 2.53. The van der Waals surface area contributed by atoms with Gasteiger partial charge in [-0.2, -0.15) is 0 Å². The summed E-state index contributed by atoms with van der Waals surface area (Å²) in [6, 6.07) is 3.61. The quantitative estimate of drug-likeness (QED) is 0.740. The van der Waals surface area contributed by atoms with Crippen molar-refractivity contribution in [3.63, 3.8) is 0 Å². The third kappa shape index (κ3) is 3.91. The van der Waals surface area contributed by atoms with Gasteiger partial charge in [-0.1, -0.05) is 0 Å². The van der Waals surface area contributed by atoms with Crippen molar-refractivity contribution < 1.29 is 12.8 Å². The lowest BCUT2D eigenvalue weighted by Crippen LogP contribution is -2.28. The molecule has 1 aromatic rings. The Bertz CT molecular complexity index is 358. The number of nitrogens with one attached hydrogen (secondary N) is 1. The molecule has 0 saturated heterocycles. The first kappa shape index (κ1) is 11.2. The second-order valence-electron chi connectivity index (χ2n) is 3.06. The molecule has 1 heterocycles. The van der Waals surface area contributed by atoms with Crippen molar-refractivity contribution in [3.05, 3.63) is 24.2 Å². The van der Waals surface area contributed by atoms with E-state index in [0.717, 1.165) is 5.76 Å². The van der Waals surface area contributed by atoms with E-state index in [9.17, 15) is 8.42 Å². The van der Waals surface area contributed by atoms with Crippen LogP contribution in [0.1, 0.15) is 18.7 Å². The summed E-state index contributed by atoms with van der Waals surface area (Å²) in [6.45, 7) is 2.21. The van der Waals surface area contributed by atoms with E-state index in [0.29, 0.717) is 6.54 Å². The summed E-state index contributed by atoms with van der Waals surface area (Å²) in [7, 11) is -3.38. The Morgan fingerprint density at radius 3 is 2.86 bits per heavy atom. The van der Waals surface area contributed by atoms with E-state index in [1.165, 1.54) is 0 Å². The third-order valence-corrected chi connectivity index (χ3v) is 2.58. The van der Waals surface area contributed by atoms with Gasteiger partial charge in [0, 0.05) is 6.54 Å². The Morgan fingerprint density at radius 1 is 1.64 bits per heavy atom. The molecular weight excluding hydrogens is 204 g/mol. The highest BCUT2D eigenvalue weighted by atomic mass is 32.2. The van der Waals surface area contributed by atoms with Crippen molar-refractivity contribution in [1.82, 2.24) is 5.32 Å². The lowest BCUT2D eigenvalue weighted by Gasteiger charge is -2.09. The highest BCUT2D eigenvalue weighted by Crippen LogP contribution is 2.11. The molecule has 0 aliphatic carbocycles. The second kappa shape index (κ2) is 4.59. The molecule has 0 aliphatic heterocycles. The van der Waals surface area contributed by atoms with Gasteiger partial charge in [0.1, 0.15) is 5.76 Å². The monoisotopic (exact) mass is 218 g/mol. The van der Waals surface area contributed by atoms with Gasteiger partial charge in [0.05, 0.1) is 18.1 Å². The molecule has 1 atom stereocenters. The number of nitrogens with two attached hydrogens (primary N) is 1. The first-order valence-electron chi connectivity index (χ1n) is 4.26. The van der Waals surface area contributed by atoms with Gasteiger partial charge >= 0.3 is 0 Å². The lowest BCUT2D eigenvalue weighted by molar-refractivity contribution is 0.437. The molecule has 0 spiro atoms. The standard InChI is InChI=1S/C8H14N2O3S/c1-7(8-3-2-5-13-8)10-4-6-14(9,11)12/h2-3,5,7,10H,4,6H2,1H3,(H2,9,11,12)/t7-/m1/s1. The van der Waals surface area contributed by atoms with Crippen LogP contribution in [0.25, 0.3) is 0 Å². The van der Waals surface area contributed by atoms with Crippen molar-refractivity contribution in [2.75, 3.05) is 12.3 Å². The summed E-state index contributed by atoms with van der Waals surface area (Å²) in [4.78, 5) is 0. The number of furan rings is 1. The van der Waals surface area contributed by atoms with Crippen LogP contribution in [0.4, 0.5) is 0 Å². The molecule has 6 heteroatoms. The minimum absolute atomic E-state index is 0.00764. The van der Waals surface area contributed by atoms with Gasteiger partial charge in [-0.05, 0) is 19.1 Å². The van der Waals surface area contributed by atoms with Crippen LogP contribution in [0.2, 0.25) is 0 Å². The molecular formula is C8H14N2O3S. The third-order valence-electron chi connectivity index (χ3n) is 1.81. The van der Waals surface area contributed by atoms with E-state index in [1.807, 2.05) is 13.0 Å². The van der Waals surface area contributed by atoms with Gasteiger partial charge in [0.2, 0.25) is 10.0 Å². The Morgan fingerprint density at radius 2 is 2.36 bits per heavy atom. The van der Waals surface area contributed by atoms with Crippen molar-refractivity contribution in [2.45, 2.75) is 13.0 Å². The lowest BCUT2D eigenvalue weighted by atomic mass is 10.2. The molecule has 0 radical (unpaired) electrons. The van der Waals surface area contributed by atoms with Crippen LogP contribution in [0, 0.1) is 0 Å². The van der Waals surface area contributed by atoms with Crippen molar-refractivity contribution in [3.8, 4) is 0 Å². The Labute approximate surface area is 83.3 Å². The molecule has 3 N–H and O–H groups in total. The summed E-state index contributed by atoms with van der Waals surface area (Å²) < 4.78 is 26.4. The van der Waals surface area contributed by atoms with Gasteiger partial charge in [-0.25, -0.2) is 13.6 Å². The number of rotatable bonds is 5. The predicted octanol–water partition coefficient (Wildman–Crippen LogP) is 0.219. The molecule has 0 amide bonds. The zero-order chi connectivity index (χ0) is 10.6. The number of primary sulfonamides is 1. The molecule has 0 aromatic carbocycles. The smallest absolute Gasteiger partial charge is 0.210 e. The zero-order valence-electron chi connectivity index (χ0n) is 7.93. The van der Waals surface area contributed by atoms with Crippen LogP contribution in [0.3, 0.4) is 0 Å². The maximum absolute atomic E-state index is 10.6. The number of sulfonamides is 1. The largest absolute Gasteiger partial charge is 0.468 e. The summed E-state index contributed by atoms with van der Waals surface area (Å²) >= 11 is 0. The Balaban J connectivity index is 2.33. The first-order valence-corrected chi connectivity index (χ1v) is 5.98. The Kier molecular flexibility index (Phi) is 3.68. The number of hydrogen-bond donors (Lipinski definition) is 2. The topological polar surface area (TPSA) is 85.3 Å². The van der Waals surface area contributed by atoms with E-state index in [4.69, 9.17) is 9.56 Å². The van der Waals surface area contributed by atoms with Crippen LogP contribution < -0.4 is 10.5 Å². The van der Waals surface area contributed by atoms with Crippen molar-refractivity contribution >= 4 is 10.0 Å². The molecule has 14 heavy (non-hydrogen) atoms. The summed E-state index contributed by atoms with van der Waals surface area (Å²) in [5, 5.41) is 7.84. The highest BCUT2D eigenvalue weighted by Gasteiger charge is 2.08. The minimum Gasteiger partial charge on any atom is -0.468 e. The fraction of sp³-hybridized carbons (Fsp3) is 0.500. The summed E-state index contributed by atoms with van der Waals surface area (Å²) in [5.74, 6) is 0.706. The minimum atomic E-state index is -3.38. The van der Waals surface area contributed by atoms with Crippen LogP contribution in [0.5, 0.6) is 0 Å². The molecule has 1 aromatic heterocycles. The Hall–Kier alpha value is -0.850. The van der Waals surface area contributed by atoms with Gasteiger partial charge < -0.3 is 9.73 Å². The fourth-order valence-corrected chi connectivity index (χ4v) is 1.46. The molecule has 80 valence electrons. The van der Waals surface area contributed by atoms with Crippen LogP contribution in [-0.2, 0) is 10.0 Å². The SMILES string of the molecule is C[C@@H](NCCS(N)(=O)=O)c1ccco1. The van der Waals surface area contributed by atoms with Crippen LogP contribution in [-0.4, -0.2) is 20.7 Å². The van der Waals surface area contributed by atoms with Crippen LogP contribution >= 0.6 is 0 Å². The molecule has 5 nitrogen and oxygen atoms in total. The predicted molar refractivity (Wildman–Crippen MR) is 53.1 cm³/mol. The van der Waals surface area contributed by atoms with Crippen LogP contribution in [0.15, 0.2) is 22.8 Å². The molecule has 0 bridgehead atoms. The maximum atomic E-state index is 10.6. The average molecular weight is 218 g/mol. The van der Waals surface area contributed by atoms with E-state index in [-0.39, 0.29) is 11.8 Å². The zero-order valence-corrected chi connectivity index (χ0v) is 8.75. The van der Waals surface area contributed by atoms with Gasteiger partial charge in [-0.3, -0.25) is 0 Å². The highest BCUT2D eigenvalue weighted by molar-refractivity contribution is 7.89. The van der Waals surface area contributed by atoms with E-state index >= 15 is 0 Å². The van der Waals surface area contributed by atoms with Gasteiger partial charge in [0.25, 0.3) is 0 Å². The van der Waals surface area contributed by atoms with Gasteiger partial charge in [-0.15, -0.1) is 0 Å². The normalized spacial score (nSPS) is 14.1. The van der Waals surface area contributed by atoms with Gasteiger partial charge in [0.15, 0.2) is 0 Å². The summed E-state index contributed by atoms with van der Waals surface area (Å²) in [6.07, 6.45) is 1.58. The van der Waals surface area contributed by atoms with E-state index < -0.39 is 10.0 Å². The van der Waals surface area contributed by atoms with E-state index in [2.05, 4.69) is 5.32 Å². The molecule has 1 rings (SSSR count). The second-order valence-corrected chi connectivity index (χ2v) is 4.79.